The Morgan fingerprint density at radius 1 is 1.25 bits per heavy atom. The van der Waals surface area contributed by atoms with Gasteiger partial charge in [0, 0.05) is 30.8 Å². The number of benzene rings is 1. The van der Waals surface area contributed by atoms with Crippen LogP contribution in [0.15, 0.2) is 18.2 Å². The van der Waals surface area contributed by atoms with Gasteiger partial charge in [0.1, 0.15) is 0 Å². The zero-order valence-electron chi connectivity index (χ0n) is 15.8. The van der Waals surface area contributed by atoms with Crippen molar-refractivity contribution < 1.29 is 28.8 Å². The molecule has 28 heavy (non-hydrogen) atoms. The smallest absolute Gasteiger partial charge is 0.409 e. The molecule has 0 atom stereocenters. The molecule has 152 valence electrons. The van der Waals surface area contributed by atoms with Gasteiger partial charge in [-0.15, -0.1) is 0 Å². The Kier molecular flexibility index (Phi) is 7.30. The first-order valence-corrected chi connectivity index (χ1v) is 8.95. The molecule has 1 N–H and O–H groups in total. The maximum absolute atomic E-state index is 12.0. The second kappa shape index (κ2) is 9.67. The second-order valence-electron chi connectivity index (χ2n) is 6.36. The van der Waals surface area contributed by atoms with Crippen molar-refractivity contribution in [3.8, 4) is 0 Å². The van der Waals surface area contributed by atoms with Gasteiger partial charge in [0.25, 0.3) is 11.6 Å². The van der Waals surface area contributed by atoms with E-state index in [9.17, 15) is 24.5 Å². The van der Waals surface area contributed by atoms with E-state index in [1.165, 1.54) is 25.1 Å². The second-order valence-corrected chi connectivity index (χ2v) is 6.36. The number of likely N-dealkylation sites (tertiary alicyclic amines) is 1. The summed E-state index contributed by atoms with van der Waals surface area (Å²) in [4.78, 5) is 47.5. The lowest BCUT2D eigenvalue weighted by Crippen LogP contribution is -2.47. The highest BCUT2D eigenvalue weighted by Crippen LogP contribution is 2.19. The molecule has 2 amide bonds. The summed E-state index contributed by atoms with van der Waals surface area (Å²) in [6.45, 7) is 4.08. The van der Waals surface area contributed by atoms with Gasteiger partial charge in [-0.3, -0.25) is 14.9 Å². The molecule has 1 aromatic rings. The predicted octanol–water partition coefficient (Wildman–Crippen LogP) is 1.80. The Balaban J connectivity index is 1.77. The van der Waals surface area contributed by atoms with Crippen molar-refractivity contribution in [2.24, 2.45) is 0 Å². The minimum Gasteiger partial charge on any atom is -0.452 e. The van der Waals surface area contributed by atoms with Crippen LogP contribution in [0.3, 0.4) is 0 Å². The van der Waals surface area contributed by atoms with Crippen molar-refractivity contribution in [2.75, 3.05) is 26.3 Å². The molecule has 0 aliphatic carbocycles. The molecule has 2 rings (SSSR count). The lowest BCUT2D eigenvalue weighted by molar-refractivity contribution is -0.385. The lowest BCUT2D eigenvalue weighted by Gasteiger charge is -2.31. The number of nitro benzene ring substituents is 1. The first-order chi connectivity index (χ1) is 13.3. The molecule has 1 aromatic carbocycles. The topological polar surface area (TPSA) is 128 Å². The molecule has 1 aliphatic heterocycles. The van der Waals surface area contributed by atoms with Crippen LogP contribution in [-0.2, 0) is 14.3 Å². The van der Waals surface area contributed by atoms with Gasteiger partial charge < -0.3 is 19.7 Å². The molecule has 10 nitrogen and oxygen atoms in total. The number of ether oxygens (including phenoxy) is 2. The van der Waals surface area contributed by atoms with Crippen molar-refractivity contribution in [1.82, 2.24) is 10.2 Å². The van der Waals surface area contributed by atoms with Crippen LogP contribution in [0.2, 0.25) is 0 Å². The first-order valence-electron chi connectivity index (χ1n) is 8.95. The van der Waals surface area contributed by atoms with Crippen molar-refractivity contribution in [3.05, 3.63) is 39.4 Å². The summed E-state index contributed by atoms with van der Waals surface area (Å²) >= 11 is 0. The molecule has 1 heterocycles. The molecule has 0 aromatic heterocycles. The first kappa shape index (κ1) is 21.1. The summed E-state index contributed by atoms with van der Waals surface area (Å²) in [6.07, 6.45) is 0.805. The van der Waals surface area contributed by atoms with Crippen LogP contribution in [0.4, 0.5) is 10.5 Å². The summed E-state index contributed by atoms with van der Waals surface area (Å²) in [5.74, 6) is -1.17. The fourth-order valence-corrected chi connectivity index (χ4v) is 2.89. The predicted molar refractivity (Wildman–Crippen MR) is 97.9 cm³/mol. The molecule has 1 aliphatic rings. The van der Waals surface area contributed by atoms with E-state index < -0.39 is 23.4 Å². The molecule has 10 heteroatoms. The highest BCUT2D eigenvalue weighted by molar-refractivity contribution is 5.91. The molecule has 0 bridgehead atoms. The molecule has 0 unspecified atom stereocenters. The highest BCUT2D eigenvalue weighted by atomic mass is 16.6. The van der Waals surface area contributed by atoms with Crippen LogP contribution >= 0.6 is 0 Å². The molecule has 0 spiro atoms. The Bertz CT molecular complexity index is 758. The minimum absolute atomic E-state index is 0.0940. The van der Waals surface area contributed by atoms with Gasteiger partial charge in [0.15, 0.2) is 6.61 Å². The van der Waals surface area contributed by atoms with Gasteiger partial charge >= 0.3 is 12.1 Å². The average molecular weight is 393 g/mol. The molecule has 0 saturated carbocycles. The molecule has 1 fully saturated rings. The van der Waals surface area contributed by atoms with E-state index in [0.717, 1.165) is 0 Å². The van der Waals surface area contributed by atoms with Crippen LogP contribution in [0, 0.1) is 17.0 Å². The maximum atomic E-state index is 12.0. The van der Waals surface area contributed by atoms with Crippen LogP contribution in [0.25, 0.3) is 0 Å². The Morgan fingerprint density at radius 3 is 2.50 bits per heavy atom. The number of nitrogens with zero attached hydrogens (tertiary/aromatic N) is 2. The summed E-state index contributed by atoms with van der Waals surface area (Å²) < 4.78 is 9.91. The van der Waals surface area contributed by atoms with Gasteiger partial charge in [0.05, 0.1) is 17.1 Å². The van der Waals surface area contributed by atoms with Crippen molar-refractivity contribution >= 4 is 23.7 Å². The number of hydrogen-bond donors (Lipinski definition) is 1. The lowest BCUT2D eigenvalue weighted by atomic mass is 10.1. The van der Waals surface area contributed by atoms with Crippen molar-refractivity contribution in [1.29, 1.82) is 0 Å². The van der Waals surface area contributed by atoms with Crippen LogP contribution in [0.5, 0.6) is 0 Å². The average Bonchev–Trinajstić information content (AvgIpc) is 2.66. The molecule has 1 saturated heterocycles. The standard InChI is InChI=1S/C18H23N3O7/c1-3-27-18(24)20-8-6-14(7-9-20)19-16(22)11-28-17(23)13-4-5-15(21(25)26)12(2)10-13/h4-5,10,14H,3,6-9,11H2,1-2H3,(H,19,22). The van der Waals surface area contributed by atoms with E-state index in [-0.39, 0.29) is 23.4 Å². The largest absolute Gasteiger partial charge is 0.452 e. The highest BCUT2D eigenvalue weighted by Gasteiger charge is 2.25. The van der Waals surface area contributed by atoms with Crippen molar-refractivity contribution in [3.63, 3.8) is 0 Å². The third-order valence-electron chi connectivity index (χ3n) is 4.35. The summed E-state index contributed by atoms with van der Waals surface area (Å²) in [7, 11) is 0. The van der Waals surface area contributed by atoms with E-state index in [1.54, 1.807) is 11.8 Å². The number of amides is 2. The van der Waals surface area contributed by atoms with E-state index in [1.807, 2.05) is 0 Å². The van der Waals surface area contributed by atoms with E-state index >= 15 is 0 Å². The number of piperidine rings is 1. The van der Waals surface area contributed by atoms with Crippen LogP contribution in [0.1, 0.15) is 35.7 Å². The minimum atomic E-state index is -0.731. The van der Waals surface area contributed by atoms with E-state index in [0.29, 0.717) is 38.1 Å². The van der Waals surface area contributed by atoms with Gasteiger partial charge in [-0.25, -0.2) is 9.59 Å². The number of nitro groups is 1. The number of hydrogen-bond acceptors (Lipinski definition) is 7. The third-order valence-corrected chi connectivity index (χ3v) is 4.35. The zero-order chi connectivity index (χ0) is 20.7. The quantitative estimate of drug-likeness (QED) is 0.443. The third kappa shape index (κ3) is 5.66. The monoisotopic (exact) mass is 393 g/mol. The summed E-state index contributed by atoms with van der Waals surface area (Å²) in [5.41, 5.74) is 0.374. The summed E-state index contributed by atoms with van der Waals surface area (Å²) in [5, 5.41) is 13.6. The SMILES string of the molecule is CCOC(=O)N1CCC(NC(=O)COC(=O)c2ccc([N+](=O)[O-])c(C)c2)CC1. The summed E-state index contributed by atoms with van der Waals surface area (Å²) in [6, 6.07) is 3.75. The number of nitrogens with one attached hydrogen (secondary N) is 1. The fourth-order valence-electron chi connectivity index (χ4n) is 2.89. The Hall–Kier alpha value is -3.17. The van der Waals surface area contributed by atoms with Gasteiger partial charge in [-0.1, -0.05) is 0 Å². The van der Waals surface area contributed by atoms with E-state index in [2.05, 4.69) is 5.32 Å². The number of carbonyl (C=O) groups is 3. The van der Waals surface area contributed by atoms with Crippen molar-refractivity contribution in [2.45, 2.75) is 32.7 Å². The molecule has 0 radical (unpaired) electrons. The van der Waals surface area contributed by atoms with Crippen LogP contribution in [-0.4, -0.2) is 60.1 Å². The van der Waals surface area contributed by atoms with Crippen LogP contribution < -0.4 is 5.32 Å². The number of aryl methyl sites for hydroxylation is 1. The molecular formula is C18H23N3O7. The van der Waals surface area contributed by atoms with E-state index in [4.69, 9.17) is 9.47 Å². The Morgan fingerprint density at radius 2 is 1.93 bits per heavy atom. The maximum Gasteiger partial charge on any atom is 0.409 e. The number of esters is 1. The number of carbonyl (C=O) groups excluding carboxylic acids is 3. The van der Waals surface area contributed by atoms with Gasteiger partial charge in [-0.2, -0.15) is 0 Å². The normalized spacial score (nSPS) is 14.3. The number of rotatable bonds is 6. The van der Waals surface area contributed by atoms with Gasteiger partial charge in [-0.05, 0) is 38.8 Å². The zero-order valence-corrected chi connectivity index (χ0v) is 15.8. The molecular weight excluding hydrogens is 370 g/mol. The Labute approximate surface area is 161 Å². The van der Waals surface area contributed by atoms with Gasteiger partial charge in [0.2, 0.25) is 0 Å². The fraction of sp³-hybridized carbons (Fsp3) is 0.500.